The highest BCUT2D eigenvalue weighted by molar-refractivity contribution is 7.89. The fraction of sp³-hybridized carbons (Fsp3) is 0.143. The van der Waals surface area contributed by atoms with Gasteiger partial charge in [0.05, 0.1) is 14.9 Å². The van der Waals surface area contributed by atoms with Gasteiger partial charge in [-0.2, -0.15) is 0 Å². The number of sulfonamides is 1. The molecular formula is C14H12Cl2FNO3S. The van der Waals surface area contributed by atoms with Crippen LogP contribution in [0.5, 0.6) is 5.75 Å². The van der Waals surface area contributed by atoms with Gasteiger partial charge >= 0.3 is 0 Å². The van der Waals surface area contributed by atoms with Crippen LogP contribution in [-0.2, 0) is 10.0 Å². The van der Waals surface area contributed by atoms with Crippen molar-refractivity contribution in [3.05, 3.63) is 58.3 Å². The maximum absolute atomic E-state index is 12.9. The summed E-state index contributed by atoms with van der Waals surface area (Å²) in [5, 5.41) is 0.426. The Bertz CT molecular complexity index is 768. The van der Waals surface area contributed by atoms with E-state index in [9.17, 15) is 12.8 Å². The average molecular weight is 364 g/mol. The number of benzene rings is 2. The highest BCUT2D eigenvalue weighted by Crippen LogP contribution is 2.24. The van der Waals surface area contributed by atoms with Crippen molar-refractivity contribution in [2.24, 2.45) is 0 Å². The molecule has 0 atom stereocenters. The molecule has 0 amide bonds. The van der Waals surface area contributed by atoms with E-state index < -0.39 is 15.8 Å². The molecule has 118 valence electrons. The van der Waals surface area contributed by atoms with Crippen molar-refractivity contribution < 1.29 is 17.5 Å². The van der Waals surface area contributed by atoms with Gasteiger partial charge in [0.1, 0.15) is 18.2 Å². The van der Waals surface area contributed by atoms with Gasteiger partial charge in [0.25, 0.3) is 0 Å². The number of rotatable bonds is 6. The third-order valence-electron chi connectivity index (χ3n) is 2.66. The van der Waals surface area contributed by atoms with Crippen LogP contribution in [0.4, 0.5) is 4.39 Å². The second-order valence-corrected chi connectivity index (χ2v) is 6.86. The van der Waals surface area contributed by atoms with Crippen LogP contribution in [0.1, 0.15) is 0 Å². The molecule has 2 aromatic rings. The van der Waals surface area contributed by atoms with Crippen molar-refractivity contribution >= 4 is 33.2 Å². The standard InChI is InChI=1S/C14H12Cl2FNO3S/c15-13-5-4-12(9-14(13)16)22(19,20)18-6-7-21-11-3-1-2-10(17)8-11/h1-5,8-9,18H,6-7H2. The lowest BCUT2D eigenvalue weighted by Gasteiger charge is -2.09. The van der Waals surface area contributed by atoms with Crippen molar-refractivity contribution in [2.45, 2.75) is 4.90 Å². The van der Waals surface area contributed by atoms with Gasteiger partial charge in [-0.3, -0.25) is 0 Å². The van der Waals surface area contributed by atoms with Gasteiger partial charge in [0.2, 0.25) is 10.0 Å². The van der Waals surface area contributed by atoms with Gasteiger partial charge in [0.15, 0.2) is 0 Å². The molecule has 0 bridgehead atoms. The molecule has 1 N–H and O–H groups in total. The lowest BCUT2D eigenvalue weighted by Crippen LogP contribution is -2.28. The molecule has 0 aliphatic carbocycles. The van der Waals surface area contributed by atoms with Crippen molar-refractivity contribution in [3.63, 3.8) is 0 Å². The summed E-state index contributed by atoms with van der Waals surface area (Å²) >= 11 is 11.5. The van der Waals surface area contributed by atoms with E-state index in [2.05, 4.69) is 4.72 Å². The number of nitrogens with one attached hydrogen (secondary N) is 1. The maximum Gasteiger partial charge on any atom is 0.240 e. The smallest absolute Gasteiger partial charge is 0.240 e. The predicted octanol–water partition coefficient (Wildman–Crippen LogP) is 3.49. The van der Waals surface area contributed by atoms with Crippen molar-refractivity contribution in [3.8, 4) is 5.75 Å². The summed E-state index contributed by atoms with van der Waals surface area (Å²) in [6.45, 7) is 0.0864. The second-order valence-electron chi connectivity index (χ2n) is 4.28. The molecule has 0 heterocycles. The minimum atomic E-state index is -3.71. The van der Waals surface area contributed by atoms with Crippen LogP contribution in [0.25, 0.3) is 0 Å². The number of ether oxygens (including phenoxy) is 1. The van der Waals surface area contributed by atoms with E-state index in [-0.39, 0.29) is 28.1 Å². The maximum atomic E-state index is 12.9. The largest absolute Gasteiger partial charge is 0.492 e. The lowest BCUT2D eigenvalue weighted by molar-refractivity contribution is 0.321. The zero-order valence-corrected chi connectivity index (χ0v) is 13.6. The summed E-state index contributed by atoms with van der Waals surface area (Å²) in [5.74, 6) is -0.0948. The third kappa shape index (κ3) is 4.58. The molecule has 0 unspecified atom stereocenters. The van der Waals surface area contributed by atoms with E-state index in [1.165, 1.54) is 36.4 Å². The summed E-state index contributed by atoms with van der Waals surface area (Å²) in [5.41, 5.74) is 0. The molecule has 8 heteroatoms. The summed E-state index contributed by atoms with van der Waals surface area (Å²) in [6, 6.07) is 9.61. The van der Waals surface area contributed by atoms with Crippen LogP contribution in [0.15, 0.2) is 47.4 Å². The van der Waals surface area contributed by atoms with Crippen LogP contribution in [-0.4, -0.2) is 21.6 Å². The number of hydrogen-bond acceptors (Lipinski definition) is 3. The molecular weight excluding hydrogens is 352 g/mol. The van der Waals surface area contributed by atoms with E-state index in [0.717, 1.165) is 0 Å². The molecule has 22 heavy (non-hydrogen) atoms. The lowest BCUT2D eigenvalue weighted by atomic mass is 10.3. The third-order valence-corrected chi connectivity index (χ3v) is 4.86. The van der Waals surface area contributed by atoms with Crippen LogP contribution in [0.3, 0.4) is 0 Å². The van der Waals surface area contributed by atoms with E-state index >= 15 is 0 Å². The Morgan fingerprint density at radius 2 is 1.86 bits per heavy atom. The second kappa shape index (κ2) is 7.28. The molecule has 2 rings (SSSR count). The minimum Gasteiger partial charge on any atom is -0.492 e. The highest BCUT2D eigenvalue weighted by atomic mass is 35.5. The Morgan fingerprint density at radius 1 is 1.09 bits per heavy atom. The van der Waals surface area contributed by atoms with Crippen LogP contribution in [0, 0.1) is 5.82 Å². The first-order chi connectivity index (χ1) is 10.4. The molecule has 0 saturated heterocycles. The normalized spacial score (nSPS) is 11.4. The molecule has 0 saturated carbocycles. The zero-order valence-electron chi connectivity index (χ0n) is 11.2. The minimum absolute atomic E-state index is 0.00709. The molecule has 2 aromatic carbocycles. The first-order valence-electron chi connectivity index (χ1n) is 6.21. The average Bonchev–Trinajstić information content (AvgIpc) is 2.46. The van der Waals surface area contributed by atoms with E-state index in [0.29, 0.717) is 5.75 Å². The Balaban J connectivity index is 1.91. The SMILES string of the molecule is O=S(=O)(NCCOc1cccc(F)c1)c1ccc(Cl)c(Cl)c1. The first-order valence-corrected chi connectivity index (χ1v) is 8.45. The topological polar surface area (TPSA) is 55.4 Å². The van der Waals surface area contributed by atoms with Crippen LogP contribution >= 0.6 is 23.2 Å². The summed E-state index contributed by atoms with van der Waals surface area (Å²) in [7, 11) is -3.71. The van der Waals surface area contributed by atoms with Gasteiger partial charge in [-0.05, 0) is 30.3 Å². The van der Waals surface area contributed by atoms with Crippen LogP contribution in [0.2, 0.25) is 10.0 Å². The molecule has 0 aliphatic heterocycles. The van der Waals surface area contributed by atoms with Crippen molar-refractivity contribution in [1.82, 2.24) is 4.72 Å². The first kappa shape index (κ1) is 17.0. The monoisotopic (exact) mass is 363 g/mol. The Labute approximate surface area is 137 Å². The molecule has 0 spiro atoms. The molecule has 0 radical (unpaired) electrons. The fourth-order valence-corrected chi connectivity index (χ4v) is 3.03. The van der Waals surface area contributed by atoms with Gasteiger partial charge in [-0.15, -0.1) is 0 Å². The fourth-order valence-electron chi connectivity index (χ4n) is 1.63. The number of halogens is 3. The Morgan fingerprint density at radius 3 is 2.55 bits per heavy atom. The number of hydrogen-bond donors (Lipinski definition) is 1. The summed E-state index contributed by atoms with van der Waals surface area (Å²) in [4.78, 5) is 0.00709. The zero-order chi connectivity index (χ0) is 16.2. The Kier molecular flexibility index (Phi) is 5.63. The van der Waals surface area contributed by atoms with Gasteiger partial charge < -0.3 is 4.74 Å². The molecule has 0 fully saturated rings. The Hall–Kier alpha value is -1.34. The quantitative estimate of drug-likeness (QED) is 0.799. The molecule has 0 aromatic heterocycles. The van der Waals surface area contributed by atoms with Gasteiger partial charge in [-0.1, -0.05) is 29.3 Å². The molecule has 0 aliphatic rings. The van der Waals surface area contributed by atoms with E-state index in [1.54, 1.807) is 6.07 Å². The van der Waals surface area contributed by atoms with Gasteiger partial charge in [-0.25, -0.2) is 17.5 Å². The van der Waals surface area contributed by atoms with Crippen molar-refractivity contribution in [2.75, 3.05) is 13.2 Å². The van der Waals surface area contributed by atoms with Crippen molar-refractivity contribution in [1.29, 1.82) is 0 Å². The summed E-state index contributed by atoms with van der Waals surface area (Å²) in [6.07, 6.45) is 0. The highest BCUT2D eigenvalue weighted by Gasteiger charge is 2.14. The summed E-state index contributed by atoms with van der Waals surface area (Å²) < 4.78 is 44.6. The van der Waals surface area contributed by atoms with E-state index in [1.807, 2.05) is 0 Å². The predicted molar refractivity (Wildman–Crippen MR) is 83.5 cm³/mol. The molecule has 4 nitrogen and oxygen atoms in total. The van der Waals surface area contributed by atoms with Gasteiger partial charge in [0, 0.05) is 12.6 Å². The van der Waals surface area contributed by atoms with Crippen LogP contribution < -0.4 is 9.46 Å². The van der Waals surface area contributed by atoms with E-state index in [4.69, 9.17) is 27.9 Å².